The van der Waals surface area contributed by atoms with Gasteiger partial charge in [-0.05, 0) is 30.7 Å². The Morgan fingerprint density at radius 2 is 1.85 bits per heavy atom. The molecule has 2 aromatic rings. The van der Waals surface area contributed by atoms with Crippen molar-refractivity contribution >= 4 is 41.5 Å². The second-order valence-electron chi connectivity index (χ2n) is 5.46. The van der Waals surface area contributed by atoms with Crippen LogP contribution in [0.5, 0.6) is 5.75 Å². The first kappa shape index (κ1) is 22.5. The van der Waals surface area contributed by atoms with Gasteiger partial charge < -0.3 is 20.5 Å². The van der Waals surface area contributed by atoms with E-state index in [1.807, 2.05) is 49.4 Å². The summed E-state index contributed by atoms with van der Waals surface area (Å²) in [4.78, 5) is 4.54. The predicted molar refractivity (Wildman–Crippen MR) is 118 cm³/mol. The zero-order valence-electron chi connectivity index (χ0n) is 14.9. The monoisotopic (exact) mass is 489 g/mol. The van der Waals surface area contributed by atoms with Gasteiger partial charge in [-0.2, -0.15) is 0 Å². The number of nitrogens with zero attached hydrogens (tertiary/aromatic N) is 1. The first-order valence-electron chi connectivity index (χ1n) is 8.21. The molecule has 5 nitrogen and oxygen atoms in total. The fourth-order valence-corrected chi connectivity index (χ4v) is 2.55. The van der Waals surface area contributed by atoms with Crippen molar-refractivity contribution in [1.29, 1.82) is 0 Å². The Kier molecular flexibility index (Phi) is 10.4. The van der Waals surface area contributed by atoms with E-state index < -0.39 is 6.10 Å². The molecule has 3 N–H and O–H groups in total. The summed E-state index contributed by atoms with van der Waals surface area (Å²) in [6.45, 7) is 3.57. The van der Waals surface area contributed by atoms with Crippen LogP contribution in [-0.2, 0) is 6.54 Å². The fourth-order valence-electron chi connectivity index (χ4n) is 2.29. The first-order chi connectivity index (χ1) is 12.1. The maximum atomic E-state index is 10.3. The number of halogens is 2. The number of ether oxygens (including phenoxy) is 1. The minimum absolute atomic E-state index is 0. The van der Waals surface area contributed by atoms with Crippen LogP contribution in [0.3, 0.4) is 0 Å². The van der Waals surface area contributed by atoms with Crippen molar-refractivity contribution < 1.29 is 9.84 Å². The SMILES string of the molecule is CCNC(=NCc1ccc(OC)cc1)NCC(O)c1ccccc1Cl.I. The summed E-state index contributed by atoms with van der Waals surface area (Å²) in [5, 5.41) is 17.2. The van der Waals surface area contributed by atoms with Crippen LogP contribution < -0.4 is 15.4 Å². The third-order valence-electron chi connectivity index (χ3n) is 3.65. The average Bonchev–Trinajstić information content (AvgIpc) is 2.64. The van der Waals surface area contributed by atoms with E-state index in [0.29, 0.717) is 29.6 Å². The quantitative estimate of drug-likeness (QED) is 0.315. The Hall–Kier alpha value is -1.51. The maximum absolute atomic E-state index is 10.3. The average molecular weight is 490 g/mol. The summed E-state index contributed by atoms with van der Waals surface area (Å²) in [6, 6.07) is 15.0. The van der Waals surface area contributed by atoms with Gasteiger partial charge in [0, 0.05) is 23.7 Å². The second-order valence-corrected chi connectivity index (χ2v) is 5.87. The lowest BCUT2D eigenvalue weighted by Crippen LogP contribution is -2.39. The molecule has 0 heterocycles. The molecule has 0 saturated carbocycles. The van der Waals surface area contributed by atoms with Crippen LogP contribution >= 0.6 is 35.6 Å². The van der Waals surface area contributed by atoms with Gasteiger partial charge in [0.15, 0.2) is 5.96 Å². The standard InChI is InChI=1S/C19H24ClN3O2.HI/c1-3-21-19(22-12-14-8-10-15(25-2)11-9-14)23-13-18(24)16-6-4-5-7-17(16)20;/h4-11,18,24H,3,12-13H2,1-2H3,(H2,21,22,23);1H. The van der Waals surface area contributed by atoms with Gasteiger partial charge in [-0.3, -0.25) is 0 Å². The molecule has 0 aliphatic carbocycles. The van der Waals surface area contributed by atoms with E-state index in [2.05, 4.69) is 15.6 Å². The van der Waals surface area contributed by atoms with E-state index in [4.69, 9.17) is 16.3 Å². The van der Waals surface area contributed by atoms with Crippen molar-refractivity contribution in [2.24, 2.45) is 4.99 Å². The molecule has 0 saturated heterocycles. The van der Waals surface area contributed by atoms with Crippen molar-refractivity contribution in [3.05, 3.63) is 64.7 Å². The molecule has 0 fully saturated rings. The number of rotatable bonds is 7. The first-order valence-corrected chi connectivity index (χ1v) is 8.59. The molecule has 0 amide bonds. The fraction of sp³-hybridized carbons (Fsp3) is 0.316. The molecule has 0 aliphatic heterocycles. The van der Waals surface area contributed by atoms with Crippen LogP contribution in [0.2, 0.25) is 5.02 Å². The molecule has 0 aliphatic rings. The highest BCUT2D eigenvalue weighted by molar-refractivity contribution is 14.0. The molecule has 2 rings (SSSR count). The van der Waals surface area contributed by atoms with E-state index in [1.54, 1.807) is 13.2 Å². The lowest BCUT2D eigenvalue weighted by Gasteiger charge is -2.16. The third kappa shape index (κ3) is 7.01. The maximum Gasteiger partial charge on any atom is 0.191 e. The molecule has 0 aromatic heterocycles. The van der Waals surface area contributed by atoms with Gasteiger partial charge in [0.25, 0.3) is 0 Å². The van der Waals surface area contributed by atoms with Crippen molar-refractivity contribution in [3.63, 3.8) is 0 Å². The summed E-state index contributed by atoms with van der Waals surface area (Å²) in [5.74, 6) is 1.46. The normalized spacial score (nSPS) is 12.1. The highest BCUT2D eigenvalue weighted by Gasteiger charge is 2.11. The van der Waals surface area contributed by atoms with Crippen LogP contribution in [0, 0.1) is 0 Å². The van der Waals surface area contributed by atoms with E-state index in [1.165, 1.54) is 0 Å². The number of aliphatic imine (C=N–C) groups is 1. The van der Waals surface area contributed by atoms with Gasteiger partial charge in [0.2, 0.25) is 0 Å². The third-order valence-corrected chi connectivity index (χ3v) is 3.99. The van der Waals surface area contributed by atoms with Gasteiger partial charge >= 0.3 is 0 Å². The minimum Gasteiger partial charge on any atom is -0.497 e. The number of aliphatic hydroxyl groups is 1. The van der Waals surface area contributed by atoms with Crippen molar-refractivity contribution in [2.45, 2.75) is 19.6 Å². The molecule has 0 spiro atoms. The zero-order valence-corrected chi connectivity index (χ0v) is 18.0. The number of hydrogen-bond acceptors (Lipinski definition) is 3. The minimum atomic E-state index is -0.710. The van der Waals surface area contributed by atoms with Crippen LogP contribution in [0.4, 0.5) is 0 Å². The Morgan fingerprint density at radius 1 is 1.15 bits per heavy atom. The number of hydrogen-bond donors (Lipinski definition) is 3. The number of benzene rings is 2. The number of nitrogens with one attached hydrogen (secondary N) is 2. The molecule has 0 radical (unpaired) electrons. The smallest absolute Gasteiger partial charge is 0.191 e. The Labute approximate surface area is 176 Å². The molecule has 1 atom stereocenters. The molecule has 0 bridgehead atoms. The Bertz CT molecular complexity index is 695. The summed E-state index contributed by atoms with van der Waals surface area (Å²) < 4.78 is 5.15. The number of aliphatic hydroxyl groups excluding tert-OH is 1. The van der Waals surface area contributed by atoms with Crippen LogP contribution in [0.1, 0.15) is 24.2 Å². The van der Waals surface area contributed by atoms with Gasteiger partial charge in [0.1, 0.15) is 5.75 Å². The Morgan fingerprint density at radius 3 is 2.46 bits per heavy atom. The lowest BCUT2D eigenvalue weighted by atomic mass is 10.1. The number of guanidine groups is 1. The van der Waals surface area contributed by atoms with Gasteiger partial charge in [-0.1, -0.05) is 41.9 Å². The highest BCUT2D eigenvalue weighted by atomic mass is 127. The molecular formula is C19H25ClIN3O2. The van der Waals surface area contributed by atoms with E-state index in [9.17, 15) is 5.11 Å². The summed E-state index contributed by atoms with van der Waals surface area (Å²) in [7, 11) is 1.64. The predicted octanol–water partition coefficient (Wildman–Crippen LogP) is 3.76. The molecule has 26 heavy (non-hydrogen) atoms. The molecular weight excluding hydrogens is 465 g/mol. The van der Waals surface area contributed by atoms with Gasteiger partial charge in [-0.25, -0.2) is 4.99 Å². The van der Waals surface area contributed by atoms with Crippen LogP contribution in [0.25, 0.3) is 0 Å². The second kappa shape index (κ2) is 12.0. The largest absolute Gasteiger partial charge is 0.497 e. The van der Waals surface area contributed by atoms with Gasteiger partial charge in [-0.15, -0.1) is 24.0 Å². The topological polar surface area (TPSA) is 65.9 Å². The van der Waals surface area contributed by atoms with Crippen molar-refractivity contribution in [1.82, 2.24) is 10.6 Å². The summed E-state index contributed by atoms with van der Waals surface area (Å²) >= 11 is 6.12. The zero-order chi connectivity index (χ0) is 18.1. The molecule has 2 aromatic carbocycles. The van der Waals surface area contributed by atoms with Crippen LogP contribution in [0.15, 0.2) is 53.5 Å². The van der Waals surface area contributed by atoms with Crippen molar-refractivity contribution in [2.75, 3.05) is 20.2 Å². The Balaban J connectivity index is 0.00000338. The summed E-state index contributed by atoms with van der Waals surface area (Å²) in [5.41, 5.74) is 1.77. The molecule has 7 heteroatoms. The summed E-state index contributed by atoms with van der Waals surface area (Å²) in [6.07, 6.45) is -0.710. The van der Waals surface area contributed by atoms with Crippen LogP contribution in [-0.4, -0.2) is 31.3 Å². The molecule has 142 valence electrons. The van der Waals surface area contributed by atoms with E-state index in [-0.39, 0.29) is 24.0 Å². The lowest BCUT2D eigenvalue weighted by molar-refractivity contribution is 0.181. The highest BCUT2D eigenvalue weighted by Crippen LogP contribution is 2.21. The van der Waals surface area contributed by atoms with E-state index in [0.717, 1.165) is 17.9 Å². The van der Waals surface area contributed by atoms with Gasteiger partial charge in [0.05, 0.1) is 19.8 Å². The van der Waals surface area contributed by atoms with E-state index >= 15 is 0 Å². The number of methoxy groups -OCH3 is 1. The molecule has 1 unspecified atom stereocenters. The van der Waals surface area contributed by atoms with Crippen molar-refractivity contribution in [3.8, 4) is 5.75 Å².